The minimum absolute atomic E-state index is 0.363. The van der Waals surface area contributed by atoms with E-state index in [0.29, 0.717) is 12.2 Å². The molecule has 0 aliphatic heterocycles. The molecule has 0 unspecified atom stereocenters. The number of H-pyrrole nitrogens is 1. The van der Waals surface area contributed by atoms with Crippen molar-refractivity contribution in [3.63, 3.8) is 0 Å². The molecule has 0 radical (unpaired) electrons. The van der Waals surface area contributed by atoms with Crippen molar-refractivity contribution in [1.29, 1.82) is 0 Å². The summed E-state index contributed by atoms with van der Waals surface area (Å²) in [6.07, 6.45) is 1.49. The second kappa shape index (κ2) is 7.72. The first kappa shape index (κ1) is 17.5. The van der Waals surface area contributed by atoms with E-state index in [9.17, 15) is 4.57 Å². The lowest BCUT2D eigenvalue weighted by Crippen LogP contribution is -2.25. The minimum Gasteiger partial charge on any atom is -0.324 e. The van der Waals surface area contributed by atoms with Crippen molar-refractivity contribution < 1.29 is 14.4 Å². The summed E-state index contributed by atoms with van der Waals surface area (Å²) in [5, 5.41) is 9.43. The van der Waals surface area contributed by atoms with Crippen LogP contribution in [0, 0.1) is 0 Å². The molecular weight excluding hydrogens is 339 g/mol. The van der Waals surface area contributed by atoms with Gasteiger partial charge in [0, 0.05) is 0 Å². The number of aromatic amines is 1. The minimum atomic E-state index is -4.15. The first-order chi connectivity index (χ1) is 12.0. The summed E-state index contributed by atoms with van der Waals surface area (Å²) < 4.78 is 11.1. The van der Waals surface area contributed by atoms with Crippen LogP contribution in [-0.2, 0) is 11.0 Å². The van der Waals surface area contributed by atoms with Crippen LogP contribution >= 0.6 is 7.60 Å². The monoisotopic (exact) mass is 358 g/mol. The molecule has 0 saturated heterocycles. The van der Waals surface area contributed by atoms with Crippen LogP contribution in [0.5, 0.6) is 0 Å². The molecule has 3 rings (SSSR count). The highest BCUT2D eigenvalue weighted by Gasteiger charge is 2.20. The molecule has 7 nitrogen and oxygen atoms in total. The molecular formula is C17H19N4O3P. The molecule has 0 fully saturated rings. The molecule has 1 atom stereocenters. The van der Waals surface area contributed by atoms with E-state index in [1.54, 1.807) is 0 Å². The highest BCUT2D eigenvalue weighted by atomic mass is 31.2. The van der Waals surface area contributed by atoms with Gasteiger partial charge in [0.25, 0.3) is 0 Å². The summed E-state index contributed by atoms with van der Waals surface area (Å²) >= 11 is 0. The fourth-order valence-electron chi connectivity index (χ4n) is 2.58. The largest absolute Gasteiger partial charge is 0.339 e. The lowest BCUT2D eigenvalue weighted by atomic mass is 10.0. The Balaban J connectivity index is 1.74. The van der Waals surface area contributed by atoms with Crippen LogP contribution in [0.15, 0.2) is 60.9 Å². The van der Waals surface area contributed by atoms with Gasteiger partial charge in [-0.05, 0) is 23.1 Å². The van der Waals surface area contributed by atoms with E-state index in [-0.39, 0.29) is 6.04 Å². The molecule has 0 saturated carbocycles. The van der Waals surface area contributed by atoms with E-state index in [2.05, 4.69) is 20.5 Å². The van der Waals surface area contributed by atoms with Crippen LogP contribution in [0.2, 0.25) is 0 Å². The number of hydrogen-bond donors (Lipinski definition) is 4. The molecule has 0 spiro atoms. The third-order valence-corrected chi connectivity index (χ3v) is 4.40. The first-order valence-electron chi connectivity index (χ1n) is 7.79. The smallest absolute Gasteiger partial charge is 0.324 e. The molecule has 3 aromatic rings. The van der Waals surface area contributed by atoms with Gasteiger partial charge >= 0.3 is 7.60 Å². The second-order valence-electron chi connectivity index (χ2n) is 5.72. The number of aromatic nitrogens is 3. The molecule has 25 heavy (non-hydrogen) atoms. The van der Waals surface area contributed by atoms with E-state index in [0.717, 1.165) is 16.7 Å². The Morgan fingerprint density at radius 3 is 2.32 bits per heavy atom. The average Bonchev–Trinajstić information content (AvgIpc) is 3.14. The molecule has 0 amide bonds. The topological polar surface area (TPSA) is 111 Å². The maximum absolute atomic E-state index is 11.1. The average molecular weight is 358 g/mol. The van der Waals surface area contributed by atoms with E-state index in [4.69, 9.17) is 9.79 Å². The highest BCUT2D eigenvalue weighted by molar-refractivity contribution is 7.51. The number of nitrogens with zero attached hydrogens (tertiary/aromatic N) is 2. The number of hydrogen-bond acceptors (Lipinski definition) is 4. The van der Waals surface area contributed by atoms with Gasteiger partial charge < -0.3 is 9.79 Å². The van der Waals surface area contributed by atoms with E-state index in [1.807, 2.05) is 54.6 Å². The summed E-state index contributed by atoms with van der Waals surface area (Å²) in [6, 6.07) is 17.8. The van der Waals surface area contributed by atoms with Crippen molar-refractivity contribution in [1.82, 2.24) is 20.5 Å². The zero-order valence-corrected chi connectivity index (χ0v) is 14.3. The molecule has 1 heterocycles. The lowest BCUT2D eigenvalue weighted by molar-refractivity contribution is 0.362. The van der Waals surface area contributed by atoms with Crippen LogP contribution in [0.1, 0.15) is 17.4 Å². The van der Waals surface area contributed by atoms with E-state index < -0.39 is 13.9 Å². The maximum Gasteiger partial charge on any atom is 0.339 e. The van der Waals surface area contributed by atoms with Gasteiger partial charge in [-0.3, -0.25) is 15.0 Å². The highest BCUT2D eigenvalue weighted by Crippen LogP contribution is 2.33. The third-order valence-electron chi connectivity index (χ3n) is 3.81. The Hall–Kier alpha value is -2.31. The van der Waals surface area contributed by atoms with Crippen molar-refractivity contribution >= 4 is 7.60 Å². The Morgan fingerprint density at radius 1 is 1.04 bits per heavy atom. The Labute approximate surface area is 145 Å². The summed E-state index contributed by atoms with van der Waals surface area (Å²) in [4.78, 5) is 22.3. The Kier molecular flexibility index (Phi) is 5.40. The van der Waals surface area contributed by atoms with Crippen molar-refractivity contribution in [2.45, 2.75) is 12.5 Å². The zero-order valence-electron chi connectivity index (χ0n) is 13.4. The predicted molar refractivity (Wildman–Crippen MR) is 94.8 cm³/mol. The third kappa shape index (κ3) is 5.08. The Morgan fingerprint density at radius 2 is 1.72 bits per heavy atom. The van der Waals surface area contributed by atoms with Crippen LogP contribution in [0.25, 0.3) is 11.1 Å². The van der Waals surface area contributed by atoms with Gasteiger partial charge in [0.05, 0.1) is 12.3 Å². The quantitative estimate of drug-likeness (QED) is 0.483. The summed E-state index contributed by atoms with van der Waals surface area (Å²) in [5.74, 6) is 0.542. The van der Waals surface area contributed by atoms with Crippen LogP contribution in [-0.4, -0.2) is 31.3 Å². The van der Waals surface area contributed by atoms with E-state index in [1.165, 1.54) is 6.33 Å². The first-order valence-corrected chi connectivity index (χ1v) is 9.58. The molecule has 8 heteroatoms. The van der Waals surface area contributed by atoms with Crippen LogP contribution in [0.4, 0.5) is 0 Å². The molecule has 0 bridgehead atoms. The van der Waals surface area contributed by atoms with Gasteiger partial charge in [-0.2, -0.15) is 5.10 Å². The fraction of sp³-hybridized carbons (Fsp3) is 0.176. The fourth-order valence-corrected chi connectivity index (χ4v) is 3.04. The molecule has 2 aromatic carbocycles. The lowest BCUT2D eigenvalue weighted by Gasteiger charge is -2.17. The number of nitrogens with one attached hydrogen (secondary N) is 2. The van der Waals surface area contributed by atoms with Gasteiger partial charge in [0.1, 0.15) is 12.2 Å². The van der Waals surface area contributed by atoms with Crippen molar-refractivity contribution in [2.24, 2.45) is 0 Å². The summed E-state index contributed by atoms with van der Waals surface area (Å²) in [5.41, 5.74) is 3.28. The molecule has 1 aromatic heterocycles. The van der Waals surface area contributed by atoms with Gasteiger partial charge in [0.2, 0.25) is 0 Å². The van der Waals surface area contributed by atoms with Gasteiger partial charge in [-0.1, -0.05) is 54.6 Å². The molecule has 0 aliphatic carbocycles. The molecule has 4 N–H and O–H groups in total. The van der Waals surface area contributed by atoms with Crippen molar-refractivity contribution in [3.05, 3.63) is 72.3 Å². The summed E-state index contributed by atoms with van der Waals surface area (Å²) in [7, 11) is -4.15. The van der Waals surface area contributed by atoms with E-state index >= 15 is 0 Å². The van der Waals surface area contributed by atoms with Crippen LogP contribution < -0.4 is 5.32 Å². The van der Waals surface area contributed by atoms with Gasteiger partial charge in [-0.15, -0.1) is 0 Å². The van der Waals surface area contributed by atoms with Crippen LogP contribution in [0.3, 0.4) is 0 Å². The standard InChI is InChI=1S/C17H19N4O3P/c22-25(23,24)12-19-16(17-18-11-20-21-17)10-13-6-8-15(9-7-13)14-4-2-1-3-5-14/h1-9,11,16,19H,10,12H2,(H,18,20,21)(H2,22,23,24)/t16-/m0/s1. The van der Waals surface area contributed by atoms with Crippen molar-refractivity contribution in [2.75, 3.05) is 6.29 Å². The van der Waals surface area contributed by atoms with Crippen molar-refractivity contribution in [3.8, 4) is 11.1 Å². The maximum atomic E-state index is 11.1. The number of rotatable bonds is 7. The summed E-state index contributed by atoms with van der Waals surface area (Å²) in [6.45, 7) is 0. The normalized spacial score (nSPS) is 12.9. The predicted octanol–water partition coefficient (Wildman–Crippen LogP) is 2.48. The SMILES string of the molecule is O=P(O)(O)CN[C@@H](Cc1ccc(-c2ccccc2)cc1)c1ncn[nH]1. The zero-order chi connectivity index (χ0) is 17.7. The molecule has 130 valence electrons. The second-order valence-corrected chi connectivity index (χ2v) is 7.36. The Bertz CT molecular complexity index is 832. The van der Waals surface area contributed by atoms with Gasteiger partial charge in [0.15, 0.2) is 0 Å². The number of benzene rings is 2. The van der Waals surface area contributed by atoms with Gasteiger partial charge in [-0.25, -0.2) is 4.98 Å². The molecule has 0 aliphatic rings.